The third kappa shape index (κ3) is 4.27. The van der Waals surface area contributed by atoms with Crippen LogP contribution in [0.1, 0.15) is 30.1 Å². The molecule has 1 N–H and O–H groups in total. The smallest absolute Gasteiger partial charge is 0.341 e. The van der Waals surface area contributed by atoms with Crippen molar-refractivity contribution in [1.29, 1.82) is 0 Å². The number of anilines is 2. The fraction of sp³-hybridized carbons (Fsp3) is 0.389. The molecule has 1 saturated heterocycles. The molecule has 0 unspecified atom stereocenters. The van der Waals surface area contributed by atoms with E-state index in [1.165, 1.54) is 30.6 Å². The Bertz CT molecular complexity index is 944. The van der Waals surface area contributed by atoms with Gasteiger partial charge in [-0.2, -0.15) is 8.78 Å². The molecule has 28 heavy (non-hydrogen) atoms. The standard InChI is InChI=1S/C18H20F2N4O3S/c1-12-6-8-24(9-7-12)18-21-10-13(11-22-18)23-16(25)14-4-2-3-5-15(14)28(26,27)17(19)20/h2-5,10-12,17H,6-9H2,1H3,(H,23,25). The van der Waals surface area contributed by atoms with E-state index in [-0.39, 0.29) is 11.3 Å². The maximum Gasteiger partial charge on any atom is 0.341 e. The van der Waals surface area contributed by atoms with E-state index >= 15 is 0 Å². The molecular formula is C18H20F2N4O3S. The molecule has 3 rings (SSSR count). The van der Waals surface area contributed by atoms with Gasteiger partial charge in [0.1, 0.15) is 0 Å². The number of hydrogen-bond donors (Lipinski definition) is 1. The van der Waals surface area contributed by atoms with Crippen molar-refractivity contribution in [2.24, 2.45) is 5.92 Å². The molecule has 10 heteroatoms. The number of carbonyl (C=O) groups excluding carboxylic acids is 1. The zero-order valence-electron chi connectivity index (χ0n) is 15.2. The third-order valence-corrected chi connectivity index (χ3v) is 6.07. The number of nitrogens with zero attached hydrogens (tertiary/aromatic N) is 3. The van der Waals surface area contributed by atoms with Crippen LogP contribution in [0.25, 0.3) is 0 Å². The van der Waals surface area contributed by atoms with Crippen LogP contribution in [-0.4, -0.2) is 43.1 Å². The average molecular weight is 410 g/mol. The minimum absolute atomic E-state index is 0.239. The number of alkyl halides is 2. The largest absolute Gasteiger partial charge is 0.341 e. The number of carbonyl (C=O) groups is 1. The normalized spacial score (nSPS) is 15.6. The van der Waals surface area contributed by atoms with Crippen LogP contribution < -0.4 is 10.2 Å². The SMILES string of the molecule is CC1CCN(c2ncc(NC(=O)c3ccccc3S(=O)(=O)C(F)F)cn2)CC1. The highest BCUT2D eigenvalue weighted by Gasteiger charge is 2.30. The van der Waals surface area contributed by atoms with Crippen LogP contribution in [0.3, 0.4) is 0 Å². The van der Waals surface area contributed by atoms with Gasteiger partial charge in [-0.1, -0.05) is 19.1 Å². The molecule has 0 saturated carbocycles. The van der Waals surface area contributed by atoms with Gasteiger partial charge < -0.3 is 10.2 Å². The lowest BCUT2D eigenvalue weighted by Crippen LogP contribution is -2.34. The minimum atomic E-state index is -4.90. The molecule has 0 spiro atoms. The van der Waals surface area contributed by atoms with Gasteiger partial charge in [0.15, 0.2) is 0 Å². The topological polar surface area (TPSA) is 92.3 Å². The van der Waals surface area contributed by atoms with Crippen molar-refractivity contribution in [3.63, 3.8) is 0 Å². The highest BCUT2D eigenvalue weighted by atomic mass is 32.2. The lowest BCUT2D eigenvalue weighted by Gasteiger charge is -2.30. The Morgan fingerprint density at radius 2 is 1.79 bits per heavy atom. The van der Waals surface area contributed by atoms with Crippen LogP contribution in [0, 0.1) is 5.92 Å². The molecule has 1 aliphatic heterocycles. The van der Waals surface area contributed by atoms with E-state index in [9.17, 15) is 22.0 Å². The highest BCUT2D eigenvalue weighted by molar-refractivity contribution is 7.91. The lowest BCUT2D eigenvalue weighted by molar-refractivity contribution is 0.102. The number of hydrogen-bond acceptors (Lipinski definition) is 6. The number of piperidine rings is 1. The Morgan fingerprint density at radius 3 is 2.39 bits per heavy atom. The third-order valence-electron chi connectivity index (χ3n) is 4.64. The zero-order chi connectivity index (χ0) is 20.3. The van der Waals surface area contributed by atoms with Crippen molar-refractivity contribution in [3.05, 3.63) is 42.2 Å². The Morgan fingerprint density at radius 1 is 1.18 bits per heavy atom. The highest BCUT2D eigenvalue weighted by Crippen LogP contribution is 2.24. The number of amides is 1. The predicted molar refractivity (Wildman–Crippen MR) is 100 cm³/mol. The van der Waals surface area contributed by atoms with E-state index in [2.05, 4.69) is 27.1 Å². The molecule has 1 aromatic carbocycles. The van der Waals surface area contributed by atoms with Crippen LogP contribution in [0.5, 0.6) is 0 Å². The van der Waals surface area contributed by atoms with Gasteiger partial charge in [0.2, 0.25) is 15.8 Å². The maximum absolute atomic E-state index is 12.9. The summed E-state index contributed by atoms with van der Waals surface area (Å²) in [6.45, 7) is 3.90. The zero-order valence-corrected chi connectivity index (χ0v) is 16.0. The molecule has 2 aromatic rings. The lowest BCUT2D eigenvalue weighted by atomic mass is 10.00. The van der Waals surface area contributed by atoms with Crippen molar-refractivity contribution in [1.82, 2.24) is 9.97 Å². The predicted octanol–water partition coefficient (Wildman–Crippen LogP) is 2.96. The van der Waals surface area contributed by atoms with Gasteiger partial charge in [0.25, 0.3) is 5.91 Å². The number of halogens is 2. The van der Waals surface area contributed by atoms with Gasteiger partial charge in [-0.25, -0.2) is 18.4 Å². The van der Waals surface area contributed by atoms with Crippen molar-refractivity contribution >= 4 is 27.4 Å². The molecule has 1 fully saturated rings. The van der Waals surface area contributed by atoms with Gasteiger partial charge >= 0.3 is 5.76 Å². The second-order valence-corrected chi connectivity index (χ2v) is 8.58. The van der Waals surface area contributed by atoms with E-state index in [4.69, 9.17) is 0 Å². The first-order valence-electron chi connectivity index (χ1n) is 8.78. The summed E-state index contributed by atoms with van der Waals surface area (Å²) >= 11 is 0. The van der Waals surface area contributed by atoms with Crippen molar-refractivity contribution in [2.75, 3.05) is 23.3 Å². The van der Waals surface area contributed by atoms with Gasteiger partial charge in [-0.05, 0) is 30.9 Å². The quantitative estimate of drug-likeness (QED) is 0.815. The molecule has 1 aliphatic rings. The second kappa shape index (κ2) is 8.17. The van der Waals surface area contributed by atoms with E-state index in [1.54, 1.807) is 0 Å². The molecular weight excluding hydrogens is 390 g/mol. The van der Waals surface area contributed by atoms with Crippen LogP contribution in [0.15, 0.2) is 41.6 Å². The summed E-state index contributed by atoms with van der Waals surface area (Å²) in [6, 6.07) is 4.84. The number of sulfone groups is 1. The summed E-state index contributed by atoms with van der Waals surface area (Å²) in [6.07, 6.45) is 4.92. The van der Waals surface area contributed by atoms with Gasteiger partial charge in [-0.3, -0.25) is 4.79 Å². The summed E-state index contributed by atoms with van der Waals surface area (Å²) in [5, 5.41) is 2.46. The number of benzene rings is 1. The number of nitrogens with one attached hydrogen (secondary N) is 1. The molecule has 0 atom stereocenters. The summed E-state index contributed by atoms with van der Waals surface area (Å²) < 4.78 is 49.3. The monoisotopic (exact) mass is 410 g/mol. The summed E-state index contributed by atoms with van der Waals surface area (Å²) in [5.74, 6) is -3.23. The van der Waals surface area contributed by atoms with Gasteiger partial charge in [-0.15, -0.1) is 0 Å². The van der Waals surface area contributed by atoms with Crippen LogP contribution in [0.2, 0.25) is 0 Å². The Balaban J connectivity index is 1.76. The Hall–Kier alpha value is -2.62. The molecule has 0 bridgehead atoms. The van der Waals surface area contributed by atoms with Crippen molar-refractivity contribution in [3.8, 4) is 0 Å². The Kier molecular flexibility index (Phi) is 5.87. The van der Waals surface area contributed by atoms with Crippen molar-refractivity contribution < 1.29 is 22.0 Å². The maximum atomic E-state index is 12.9. The molecule has 150 valence electrons. The first-order chi connectivity index (χ1) is 13.3. The van der Waals surface area contributed by atoms with E-state index in [1.807, 2.05) is 0 Å². The number of rotatable bonds is 5. The molecule has 2 heterocycles. The number of aromatic nitrogens is 2. The fourth-order valence-electron chi connectivity index (χ4n) is 2.95. The Labute approximate surface area is 161 Å². The molecule has 7 nitrogen and oxygen atoms in total. The van der Waals surface area contributed by atoms with E-state index in [0.717, 1.165) is 32.0 Å². The van der Waals surface area contributed by atoms with E-state index in [0.29, 0.717) is 11.9 Å². The fourth-order valence-corrected chi connectivity index (χ4v) is 3.88. The van der Waals surface area contributed by atoms with Crippen LogP contribution >= 0.6 is 0 Å². The van der Waals surface area contributed by atoms with Crippen molar-refractivity contribution in [2.45, 2.75) is 30.4 Å². The molecule has 1 amide bonds. The molecule has 0 radical (unpaired) electrons. The first-order valence-corrected chi connectivity index (χ1v) is 10.3. The summed E-state index contributed by atoms with van der Waals surface area (Å²) in [7, 11) is -4.90. The summed E-state index contributed by atoms with van der Waals surface area (Å²) in [4.78, 5) is 22.2. The van der Waals surface area contributed by atoms with Gasteiger partial charge in [0, 0.05) is 13.1 Å². The molecule has 1 aromatic heterocycles. The van der Waals surface area contributed by atoms with Crippen LogP contribution in [-0.2, 0) is 9.84 Å². The van der Waals surface area contributed by atoms with E-state index < -0.39 is 26.4 Å². The first kappa shape index (κ1) is 20.1. The summed E-state index contributed by atoms with van der Waals surface area (Å²) in [5.41, 5.74) is -0.125. The van der Waals surface area contributed by atoms with Gasteiger partial charge in [0.05, 0.1) is 28.5 Å². The van der Waals surface area contributed by atoms with Crippen LogP contribution in [0.4, 0.5) is 20.4 Å². The molecule has 0 aliphatic carbocycles. The minimum Gasteiger partial charge on any atom is -0.341 e. The second-order valence-electron chi connectivity index (χ2n) is 6.70. The average Bonchev–Trinajstić information content (AvgIpc) is 2.69.